The molecule has 3 aromatic carbocycles. The molecule has 3 rings (SSSR count). The zero-order valence-corrected chi connectivity index (χ0v) is 20.3. The van der Waals surface area contributed by atoms with Crippen LogP contribution in [-0.4, -0.2) is 46.2 Å². The molecule has 0 aromatic heterocycles. The monoisotopic (exact) mass is 490 g/mol. The lowest BCUT2D eigenvalue weighted by Gasteiger charge is -2.14. The lowest BCUT2D eigenvalue weighted by Crippen LogP contribution is -2.30. The lowest BCUT2D eigenvalue weighted by atomic mass is 10.1. The van der Waals surface area contributed by atoms with Gasteiger partial charge >= 0.3 is 5.97 Å². The molecule has 0 atom stereocenters. The summed E-state index contributed by atoms with van der Waals surface area (Å²) in [6.45, 7) is 0. The van der Waals surface area contributed by atoms with Crippen molar-refractivity contribution in [1.82, 2.24) is 5.32 Å². The van der Waals surface area contributed by atoms with E-state index in [0.29, 0.717) is 39.6 Å². The molecule has 186 valence electrons. The Balaban J connectivity index is 1.97. The second-order valence-electron chi connectivity index (χ2n) is 7.36. The van der Waals surface area contributed by atoms with Crippen molar-refractivity contribution in [3.05, 3.63) is 89.1 Å². The fourth-order valence-electron chi connectivity index (χ4n) is 3.30. The highest BCUT2D eigenvalue weighted by atomic mass is 16.5. The molecule has 0 saturated carbocycles. The molecule has 0 aliphatic carbocycles. The smallest absolute Gasteiger partial charge is 0.337 e. The van der Waals surface area contributed by atoms with Crippen LogP contribution in [0, 0.1) is 0 Å². The summed E-state index contributed by atoms with van der Waals surface area (Å²) in [5, 5.41) is 5.39. The van der Waals surface area contributed by atoms with Crippen LogP contribution in [0.25, 0.3) is 6.08 Å². The lowest BCUT2D eigenvalue weighted by molar-refractivity contribution is -0.113. The minimum Gasteiger partial charge on any atom is -0.493 e. The van der Waals surface area contributed by atoms with Crippen LogP contribution < -0.4 is 24.8 Å². The van der Waals surface area contributed by atoms with Gasteiger partial charge in [-0.1, -0.05) is 18.2 Å². The quantitative estimate of drug-likeness (QED) is 0.345. The first-order valence-electron chi connectivity index (χ1n) is 10.8. The number of anilines is 1. The first-order valence-corrected chi connectivity index (χ1v) is 10.8. The van der Waals surface area contributed by atoms with Crippen molar-refractivity contribution in [2.75, 3.05) is 33.8 Å². The van der Waals surface area contributed by atoms with Crippen LogP contribution in [0.15, 0.2) is 72.4 Å². The third-order valence-corrected chi connectivity index (χ3v) is 5.09. The van der Waals surface area contributed by atoms with Crippen LogP contribution in [-0.2, 0) is 9.53 Å². The van der Waals surface area contributed by atoms with Crippen LogP contribution in [0.1, 0.15) is 26.3 Å². The molecular formula is C27H26N2O7. The molecular weight excluding hydrogens is 464 g/mol. The molecule has 36 heavy (non-hydrogen) atoms. The number of hydrogen-bond donors (Lipinski definition) is 2. The van der Waals surface area contributed by atoms with Gasteiger partial charge < -0.3 is 29.6 Å². The zero-order chi connectivity index (χ0) is 26.1. The van der Waals surface area contributed by atoms with Crippen molar-refractivity contribution in [3.8, 4) is 17.2 Å². The molecule has 0 unspecified atom stereocenters. The SMILES string of the molecule is COC(=O)c1ccc(NC(=O)C(=Cc2cc(OC)c(OC)c(OC)c2)NC(=O)c2ccccc2)cc1. The van der Waals surface area contributed by atoms with E-state index in [-0.39, 0.29) is 5.70 Å². The van der Waals surface area contributed by atoms with Crippen LogP contribution in [0.2, 0.25) is 0 Å². The van der Waals surface area contributed by atoms with E-state index in [9.17, 15) is 14.4 Å². The predicted octanol–water partition coefficient (Wildman–Crippen LogP) is 3.91. The fourth-order valence-corrected chi connectivity index (χ4v) is 3.30. The maximum absolute atomic E-state index is 13.2. The maximum atomic E-state index is 13.2. The van der Waals surface area contributed by atoms with Crippen molar-refractivity contribution >= 4 is 29.5 Å². The second-order valence-corrected chi connectivity index (χ2v) is 7.36. The van der Waals surface area contributed by atoms with E-state index >= 15 is 0 Å². The van der Waals surface area contributed by atoms with Gasteiger partial charge in [0.15, 0.2) is 11.5 Å². The highest BCUT2D eigenvalue weighted by Crippen LogP contribution is 2.38. The number of esters is 1. The van der Waals surface area contributed by atoms with E-state index in [1.165, 1.54) is 46.6 Å². The molecule has 0 aliphatic rings. The van der Waals surface area contributed by atoms with Crippen LogP contribution >= 0.6 is 0 Å². The van der Waals surface area contributed by atoms with E-state index in [0.717, 1.165) is 0 Å². The van der Waals surface area contributed by atoms with Gasteiger partial charge in [0.25, 0.3) is 11.8 Å². The molecule has 0 radical (unpaired) electrons. The molecule has 2 N–H and O–H groups in total. The molecule has 9 nitrogen and oxygen atoms in total. The van der Waals surface area contributed by atoms with Gasteiger partial charge in [-0.15, -0.1) is 0 Å². The highest BCUT2D eigenvalue weighted by molar-refractivity contribution is 6.10. The molecule has 0 heterocycles. The minimum atomic E-state index is -0.584. The summed E-state index contributed by atoms with van der Waals surface area (Å²) < 4.78 is 20.8. The average molecular weight is 491 g/mol. The van der Waals surface area contributed by atoms with Gasteiger partial charge in [-0.3, -0.25) is 9.59 Å². The van der Waals surface area contributed by atoms with E-state index < -0.39 is 17.8 Å². The summed E-state index contributed by atoms with van der Waals surface area (Å²) in [5.41, 5.74) is 1.61. The Morgan fingerprint density at radius 3 is 1.89 bits per heavy atom. The molecule has 0 aliphatic heterocycles. The first-order chi connectivity index (χ1) is 17.4. The van der Waals surface area contributed by atoms with E-state index in [1.807, 2.05) is 0 Å². The summed E-state index contributed by atoms with van der Waals surface area (Å²) in [6.07, 6.45) is 1.49. The zero-order valence-electron chi connectivity index (χ0n) is 20.3. The summed E-state index contributed by atoms with van der Waals surface area (Å²) in [7, 11) is 5.73. The van der Waals surface area contributed by atoms with Crippen LogP contribution in [0.4, 0.5) is 5.69 Å². The number of benzene rings is 3. The van der Waals surface area contributed by atoms with E-state index in [4.69, 9.17) is 14.2 Å². The van der Waals surface area contributed by atoms with Gasteiger partial charge in [0, 0.05) is 11.3 Å². The maximum Gasteiger partial charge on any atom is 0.337 e. The van der Waals surface area contributed by atoms with Crippen molar-refractivity contribution in [1.29, 1.82) is 0 Å². The van der Waals surface area contributed by atoms with Gasteiger partial charge in [0.1, 0.15) is 5.70 Å². The van der Waals surface area contributed by atoms with E-state index in [1.54, 1.807) is 54.6 Å². The summed E-state index contributed by atoms with van der Waals surface area (Å²) in [6, 6.07) is 17.9. The molecule has 0 bridgehead atoms. The molecule has 9 heteroatoms. The van der Waals surface area contributed by atoms with Crippen molar-refractivity contribution in [2.45, 2.75) is 0 Å². The third kappa shape index (κ3) is 6.20. The van der Waals surface area contributed by atoms with Gasteiger partial charge in [0.05, 0.1) is 34.0 Å². The summed E-state index contributed by atoms with van der Waals surface area (Å²) in [5.74, 6) is -0.385. The van der Waals surface area contributed by atoms with Gasteiger partial charge in [0.2, 0.25) is 5.75 Å². The number of carbonyl (C=O) groups excluding carboxylic acids is 3. The first kappa shape index (κ1) is 25.8. The Morgan fingerprint density at radius 1 is 0.750 bits per heavy atom. The van der Waals surface area contributed by atoms with Gasteiger partial charge in [-0.05, 0) is 60.2 Å². The largest absolute Gasteiger partial charge is 0.493 e. The Hall–Kier alpha value is -4.79. The highest BCUT2D eigenvalue weighted by Gasteiger charge is 2.18. The minimum absolute atomic E-state index is 0.0322. The Bertz CT molecular complexity index is 1240. The Morgan fingerprint density at radius 2 is 1.36 bits per heavy atom. The van der Waals surface area contributed by atoms with Crippen LogP contribution in [0.3, 0.4) is 0 Å². The van der Waals surface area contributed by atoms with Gasteiger partial charge in [-0.2, -0.15) is 0 Å². The topological polar surface area (TPSA) is 112 Å². The normalized spacial score (nSPS) is 10.7. The van der Waals surface area contributed by atoms with Crippen molar-refractivity contribution in [3.63, 3.8) is 0 Å². The number of amides is 2. The molecule has 0 saturated heterocycles. The number of nitrogens with one attached hydrogen (secondary N) is 2. The third-order valence-electron chi connectivity index (χ3n) is 5.09. The molecule has 0 spiro atoms. The molecule has 3 aromatic rings. The van der Waals surface area contributed by atoms with Crippen molar-refractivity contribution in [2.24, 2.45) is 0 Å². The number of methoxy groups -OCH3 is 4. The average Bonchev–Trinajstić information content (AvgIpc) is 2.92. The Kier molecular flexibility index (Phi) is 8.66. The van der Waals surface area contributed by atoms with Gasteiger partial charge in [-0.25, -0.2) is 4.79 Å². The number of rotatable bonds is 9. The van der Waals surface area contributed by atoms with Crippen LogP contribution in [0.5, 0.6) is 17.2 Å². The molecule has 2 amide bonds. The predicted molar refractivity (Wildman–Crippen MR) is 134 cm³/mol. The summed E-state index contributed by atoms with van der Waals surface area (Å²) >= 11 is 0. The second kappa shape index (κ2) is 12.1. The number of hydrogen-bond acceptors (Lipinski definition) is 7. The standard InChI is InChI=1S/C27H26N2O7/c1-33-22-15-17(16-23(34-2)24(22)35-3)14-21(29-25(30)18-8-6-5-7-9-18)26(31)28-20-12-10-19(11-13-20)27(32)36-4/h5-16H,1-4H3,(H,28,31)(H,29,30). The fraction of sp³-hybridized carbons (Fsp3) is 0.148. The number of ether oxygens (including phenoxy) is 4. The number of carbonyl (C=O) groups is 3. The van der Waals surface area contributed by atoms with Crippen molar-refractivity contribution < 1.29 is 33.3 Å². The summed E-state index contributed by atoms with van der Waals surface area (Å²) in [4.78, 5) is 37.7. The molecule has 0 fully saturated rings. The Labute approximate surface area is 208 Å². The van der Waals surface area contributed by atoms with E-state index in [2.05, 4.69) is 15.4 Å².